The van der Waals surface area contributed by atoms with Crippen molar-refractivity contribution in [2.24, 2.45) is 0 Å². The van der Waals surface area contributed by atoms with E-state index in [1.165, 1.54) is 4.90 Å². The standard InChI is InChI=1S/C17H16N2O2/c1-11-10-12(18(2)3)8-9-15(11)19-16(20)13-6-4-5-7-14(13)17(19)21/h4-10H,1-3H3. The summed E-state index contributed by atoms with van der Waals surface area (Å²) in [4.78, 5) is 28.2. The van der Waals surface area contributed by atoms with Crippen LogP contribution in [0.1, 0.15) is 26.3 Å². The van der Waals surface area contributed by atoms with Crippen molar-refractivity contribution in [1.82, 2.24) is 0 Å². The Morgan fingerprint density at radius 3 is 1.95 bits per heavy atom. The number of hydrogen-bond acceptors (Lipinski definition) is 3. The van der Waals surface area contributed by atoms with Crippen molar-refractivity contribution in [1.29, 1.82) is 0 Å². The number of aryl methyl sites for hydroxylation is 1. The van der Waals surface area contributed by atoms with Gasteiger partial charge in [-0.15, -0.1) is 0 Å². The average molecular weight is 280 g/mol. The predicted molar refractivity (Wildman–Crippen MR) is 83.1 cm³/mol. The second kappa shape index (κ2) is 4.74. The van der Waals surface area contributed by atoms with Crippen LogP contribution in [-0.4, -0.2) is 25.9 Å². The molecule has 106 valence electrons. The summed E-state index contributed by atoms with van der Waals surface area (Å²) in [5, 5.41) is 0. The fourth-order valence-electron chi connectivity index (χ4n) is 2.58. The van der Waals surface area contributed by atoms with E-state index in [1.807, 2.05) is 44.1 Å². The van der Waals surface area contributed by atoms with Crippen molar-refractivity contribution in [3.05, 3.63) is 59.2 Å². The van der Waals surface area contributed by atoms with Gasteiger partial charge in [0.25, 0.3) is 11.8 Å². The molecule has 0 N–H and O–H groups in total. The van der Waals surface area contributed by atoms with Crippen LogP contribution in [0.5, 0.6) is 0 Å². The summed E-state index contributed by atoms with van der Waals surface area (Å²) in [6.07, 6.45) is 0. The molecule has 21 heavy (non-hydrogen) atoms. The van der Waals surface area contributed by atoms with E-state index in [4.69, 9.17) is 0 Å². The molecule has 2 aromatic carbocycles. The van der Waals surface area contributed by atoms with E-state index in [0.29, 0.717) is 16.8 Å². The zero-order chi connectivity index (χ0) is 15.1. The highest BCUT2D eigenvalue weighted by Gasteiger charge is 2.36. The molecule has 2 aromatic rings. The summed E-state index contributed by atoms with van der Waals surface area (Å²) in [5.74, 6) is -0.507. The Morgan fingerprint density at radius 1 is 0.905 bits per heavy atom. The average Bonchev–Trinajstić information content (AvgIpc) is 2.72. The largest absolute Gasteiger partial charge is 0.378 e. The Hall–Kier alpha value is -2.62. The Morgan fingerprint density at radius 2 is 1.48 bits per heavy atom. The summed E-state index contributed by atoms with van der Waals surface area (Å²) in [6.45, 7) is 1.91. The molecule has 0 bridgehead atoms. The number of carbonyl (C=O) groups is 2. The lowest BCUT2D eigenvalue weighted by Gasteiger charge is -2.19. The number of carbonyl (C=O) groups excluding carboxylic acids is 2. The summed E-state index contributed by atoms with van der Waals surface area (Å²) >= 11 is 0. The van der Waals surface area contributed by atoms with Gasteiger partial charge >= 0.3 is 0 Å². The van der Waals surface area contributed by atoms with Crippen molar-refractivity contribution >= 4 is 23.2 Å². The van der Waals surface area contributed by atoms with Crippen LogP contribution in [0.25, 0.3) is 0 Å². The molecule has 4 heteroatoms. The summed E-state index contributed by atoms with van der Waals surface area (Å²) in [5.41, 5.74) is 3.52. The third kappa shape index (κ3) is 2.00. The van der Waals surface area contributed by atoms with Crippen LogP contribution in [0.4, 0.5) is 11.4 Å². The zero-order valence-corrected chi connectivity index (χ0v) is 12.3. The molecule has 4 nitrogen and oxygen atoms in total. The zero-order valence-electron chi connectivity index (χ0n) is 12.3. The summed E-state index contributed by atoms with van der Waals surface area (Å²) in [6, 6.07) is 12.6. The van der Waals surface area contributed by atoms with E-state index in [0.717, 1.165) is 11.3 Å². The maximum atomic E-state index is 12.5. The quantitative estimate of drug-likeness (QED) is 0.794. The maximum absolute atomic E-state index is 12.5. The highest BCUT2D eigenvalue weighted by molar-refractivity contribution is 6.34. The number of nitrogens with zero attached hydrogens (tertiary/aromatic N) is 2. The van der Waals surface area contributed by atoms with E-state index >= 15 is 0 Å². The molecule has 3 rings (SSSR count). The lowest BCUT2D eigenvalue weighted by Crippen LogP contribution is -2.30. The molecular formula is C17H16N2O2. The Bertz CT molecular complexity index is 715. The summed E-state index contributed by atoms with van der Waals surface area (Å²) in [7, 11) is 3.91. The first-order chi connectivity index (χ1) is 10.0. The SMILES string of the molecule is Cc1cc(N(C)C)ccc1N1C(=O)c2ccccc2C1=O. The van der Waals surface area contributed by atoms with Crippen molar-refractivity contribution in [3.8, 4) is 0 Å². The van der Waals surface area contributed by atoms with Gasteiger partial charge in [-0.3, -0.25) is 9.59 Å². The number of fused-ring (bicyclic) bond motifs is 1. The first-order valence-electron chi connectivity index (χ1n) is 6.76. The second-order valence-electron chi connectivity index (χ2n) is 5.36. The number of amides is 2. The molecular weight excluding hydrogens is 264 g/mol. The molecule has 0 saturated heterocycles. The van der Waals surface area contributed by atoms with Crippen LogP contribution in [-0.2, 0) is 0 Å². The molecule has 0 aliphatic carbocycles. The van der Waals surface area contributed by atoms with Crippen molar-refractivity contribution in [3.63, 3.8) is 0 Å². The molecule has 2 amide bonds. The minimum absolute atomic E-state index is 0.253. The first kappa shape index (κ1) is 13.4. The number of rotatable bonds is 2. The monoisotopic (exact) mass is 280 g/mol. The predicted octanol–water partition coefficient (Wildman–Crippen LogP) is 2.86. The van der Waals surface area contributed by atoms with Gasteiger partial charge in [-0.05, 0) is 42.8 Å². The Balaban J connectivity index is 2.07. The molecule has 1 heterocycles. The minimum atomic E-state index is -0.253. The van der Waals surface area contributed by atoms with Crippen LogP contribution in [0.3, 0.4) is 0 Å². The van der Waals surface area contributed by atoms with Crippen molar-refractivity contribution in [2.75, 3.05) is 23.9 Å². The normalized spacial score (nSPS) is 13.6. The third-order valence-corrected chi connectivity index (χ3v) is 3.73. The molecule has 1 aliphatic rings. The number of benzene rings is 2. The topological polar surface area (TPSA) is 40.6 Å². The highest BCUT2D eigenvalue weighted by Crippen LogP contribution is 2.32. The van der Waals surface area contributed by atoms with Crippen LogP contribution in [0.15, 0.2) is 42.5 Å². The van der Waals surface area contributed by atoms with Gasteiger partial charge in [-0.2, -0.15) is 0 Å². The fraction of sp³-hybridized carbons (Fsp3) is 0.176. The molecule has 0 saturated carbocycles. The van der Waals surface area contributed by atoms with Gasteiger partial charge < -0.3 is 4.90 Å². The third-order valence-electron chi connectivity index (χ3n) is 3.73. The Kier molecular flexibility index (Phi) is 3.01. The van der Waals surface area contributed by atoms with E-state index in [1.54, 1.807) is 24.3 Å². The van der Waals surface area contributed by atoms with Gasteiger partial charge in [0.2, 0.25) is 0 Å². The highest BCUT2D eigenvalue weighted by atomic mass is 16.2. The number of imide groups is 1. The molecule has 0 unspecified atom stereocenters. The molecule has 0 atom stereocenters. The van der Waals surface area contributed by atoms with E-state index in [-0.39, 0.29) is 11.8 Å². The van der Waals surface area contributed by atoms with Crippen LogP contribution >= 0.6 is 0 Å². The van der Waals surface area contributed by atoms with Gasteiger partial charge in [-0.1, -0.05) is 12.1 Å². The molecule has 0 aromatic heterocycles. The van der Waals surface area contributed by atoms with Gasteiger partial charge in [0, 0.05) is 19.8 Å². The minimum Gasteiger partial charge on any atom is -0.378 e. The van der Waals surface area contributed by atoms with Gasteiger partial charge in [-0.25, -0.2) is 4.90 Å². The molecule has 0 radical (unpaired) electrons. The number of hydrogen-bond donors (Lipinski definition) is 0. The fourth-order valence-corrected chi connectivity index (χ4v) is 2.58. The number of anilines is 2. The lowest BCUT2D eigenvalue weighted by atomic mass is 10.1. The van der Waals surface area contributed by atoms with Crippen LogP contribution in [0.2, 0.25) is 0 Å². The maximum Gasteiger partial charge on any atom is 0.266 e. The molecule has 0 fully saturated rings. The summed E-state index contributed by atoms with van der Waals surface area (Å²) < 4.78 is 0. The van der Waals surface area contributed by atoms with E-state index in [2.05, 4.69) is 0 Å². The van der Waals surface area contributed by atoms with Gasteiger partial charge in [0.1, 0.15) is 0 Å². The smallest absolute Gasteiger partial charge is 0.266 e. The van der Waals surface area contributed by atoms with Gasteiger partial charge in [0.15, 0.2) is 0 Å². The van der Waals surface area contributed by atoms with Crippen LogP contribution < -0.4 is 9.80 Å². The molecule has 0 spiro atoms. The van der Waals surface area contributed by atoms with Crippen LogP contribution in [0, 0.1) is 6.92 Å². The van der Waals surface area contributed by atoms with Crippen molar-refractivity contribution < 1.29 is 9.59 Å². The van der Waals surface area contributed by atoms with E-state index < -0.39 is 0 Å². The van der Waals surface area contributed by atoms with Gasteiger partial charge in [0.05, 0.1) is 16.8 Å². The molecule has 1 aliphatic heterocycles. The first-order valence-corrected chi connectivity index (χ1v) is 6.76. The lowest BCUT2D eigenvalue weighted by molar-refractivity contribution is 0.0926. The Labute approximate surface area is 123 Å². The van der Waals surface area contributed by atoms with E-state index in [9.17, 15) is 9.59 Å². The second-order valence-corrected chi connectivity index (χ2v) is 5.36. The van der Waals surface area contributed by atoms with Crippen molar-refractivity contribution in [2.45, 2.75) is 6.92 Å².